The van der Waals surface area contributed by atoms with Gasteiger partial charge in [-0.15, -0.1) is 11.6 Å². The smallest absolute Gasteiger partial charge is 0.153 e. The fraction of sp³-hybridized carbons (Fsp3) is 0.417. The number of hydrogen-bond acceptors (Lipinski definition) is 4. The number of rotatable bonds is 3. The van der Waals surface area contributed by atoms with Crippen LogP contribution in [0.5, 0.6) is 5.75 Å². The van der Waals surface area contributed by atoms with Crippen LogP contribution in [0.3, 0.4) is 0 Å². The highest BCUT2D eigenvalue weighted by Crippen LogP contribution is 2.21. The first-order valence-electron chi connectivity index (χ1n) is 5.52. The van der Waals surface area contributed by atoms with Gasteiger partial charge in [0.1, 0.15) is 5.75 Å². The minimum Gasteiger partial charge on any atom is -0.497 e. The Morgan fingerprint density at radius 2 is 2.00 bits per heavy atom. The third-order valence-corrected chi connectivity index (χ3v) is 5.13. The SMILES string of the molecule is COc1ccc(C=NC2CS(=O)(=O)CC2Cl)cc1. The number of ether oxygens (including phenoxy) is 1. The molecule has 0 amide bonds. The zero-order valence-corrected chi connectivity index (χ0v) is 11.5. The average Bonchev–Trinajstić information content (AvgIpc) is 2.60. The van der Waals surface area contributed by atoms with Crippen LogP contribution in [0, 0.1) is 0 Å². The topological polar surface area (TPSA) is 55.7 Å². The molecule has 6 heteroatoms. The van der Waals surface area contributed by atoms with E-state index in [0.29, 0.717) is 0 Å². The summed E-state index contributed by atoms with van der Waals surface area (Å²) < 4.78 is 27.8. The van der Waals surface area contributed by atoms with E-state index in [2.05, 4.69) is 4.99 Å². The minimum absolute atomic E-state index is 0.0131. The summed E-state index contributed by atoms with van der Waals surface area (Å²) in [7, 11) is -1.42. The molecule has 1 aliphatic rings. The highest BCUT2D eigenvalue weighted by Gasteiger charge is 2.35. The normalized spacial score (nSPS) is 26.6. The maximum absolute atomic E-state index is 11.4. The number of sulfone groups is 1. The Kier molecular flexibility index (Phi) is 3.92. The van der Waals surface area contributed by atoms with E-state index in [4.69, 9.17) is 16.3 Å². The Morgan fingerprint density at radius 1 is 1.33 bits per heavy atom. The molecule has 2 rings (SSSR count). The maximum Gasteiger partial charge on any atom is 0.153 e. The molecule has 1 fully saturated rings. The Morgan fingerprint density at radius 3 is 2.50 bits per heavy atom. The summed E-state index contributed by atoms with van der Waals surface area (Å²) in [5.74, 6) is 0.818. The Bertz CT molecular complexity index is 539. The van der Waals surface area contributed by atoms with Crippen molar-refractivity contribution in [2.75, 3.05) is 18.6 Å². The molecule has 0 aliphatic carbocycles. The Hall–Kier alpha value is -1.07. The van der Waals surface area contributed by atoms with E-state index >= 15 is 0 Å². The molecule has 1 aromatic carbocycles. The first-order chi connectivity index (χ1) is 8.50. The van der Waals surface area contributed by atoms with Crippen molar-refractivity contribution in [3.63, 3.8) is 0 Å². The molecule has 2 atom stereocenters. The van der Waals surface area contributed by atoms with E-state index in [1.165, 1.54) is 0 Å². The molecule has 0 spiro atoms. The molecule has 18 heavy (non-hydrogen) atoms. The van der Waals surface area contributed by atoms with Crippen LogP contribution in [0.15, 0.2) is 29.3 Å². The fourth-order valence-electron chi connectivity index (χ4n) is 1.79. The average molecular weight is 288 g/mol. The summed E-state index contributed by atoms with van der Waals surface area (Å²) in [6, 6.07) is 7.01. The predicted molar refractivity (Wildman–Crippen MR) is 72.7 cm³/mol. The monoisotopic (exact) mass is 287 g/mol. The summed E-state index contributed by atoms with van der Waals surface area (Å²) >= 11 is 5.96. The number of nitrogens with zero attached hydrogens (tertiary/aromatic N) is 1. The van der Waals surface area contributed by atoms with Gasteiger partial charge in [0.25, 0.3) is 0 Å². The summed E-state index contributed by atoms with van der Waals surface area (Å²) in [5.41, 5.74) is 0.893. The zero-order chi connectivity index (χ0) is 13.2. The van der Waals surface area contributed by atoms with E-state index in [9.17, 15) is 8.42 Å². The van der Waals surface area contributed by atoms with Crippen LogP contribution < -0.4 is 4.74 Å². The van der Waals surface area contributed by atoms with Gasteiger partial charge >= 0.3 is 0 Å². The van der Waals surface area contributed by atoms with Gasteiger partial charge in [-0.25, -0.2) is 8.42 Å². The lowest BCUT2D eigenvalue weighted by Gasteiger charge is -2.05. The lowest BCUT2D eigenvalue weighted by atomic mass is 10.2. The molecule has 98 valence electrons. The number of halogens is 1. The lowest BCUT2D eigenvalue weighted by molar-refractivity contribution is 0.415. The quantitative estimate of drug-likeness (QED) is 0.626. The van der Waals surface area contributed by atoms with Crippen LogP contribution in [-0.4, -0.2) is 44.7 Å². The van der Waals surface area contributed by atoms with Gasteiger partial charge in [-0.1, -0.05) is 0 Å². The van der Waals surface area contributed by atoms with Crippen molar-refractivity contribution in [3.8, 4) is 5.75 Å². The number of benzene rings is 1. The first-order valence-corrected chi connectivity index (χ1v) is 7.78. The van der Waals surface area contributed by atoms with Crippen molar-refractivity contribution in [1.82, 2.24) is 0 Å². The predicted octanol–water partition coefficient (Wildman–Crippen LogP) is 1.52. The van der Waals surface area contributed by atoms with Gasteiger partial charge in [0, 0.05) is 6.21 Å². The molecule has 0 saturated carbocycles. The van der Waals surface area contributed by atoms with Gasteiger partial charge in [0.05, 0.1) is 30.0 Å². The molecule has 1 aromatic rings. The standard InChI is InChI=1S/C12H14ClNO3S/c1-17-10-4-2-9(3-5-10)6-14-12-8-18(15,16)7-11(12)13/h2-6,11-12H,7-8H2,1H3. The van der Waals surface area contributed by atoms with Crippen LogP contribution in [0.2, 0.25) is 0 Å². The van der Waals surface area contributed by atoms with E-state index < -0.39 is 15.2 Å². The molecule has 1 saturated heterocycles. The first kappa shape index (κ1) is 13.4. The highest BCUT2D eigenvalue weighted by atomic mass is 35.5. The third kappa shape index (κ3) is 3.23. The molecule has 1 aliphatic heterocycles. The van der Waals surface area contributed by atoms with E-state index in [1.54, 1.807) is 13.3 Å². The number of aliphatic imine (C=N–C) groups is 1. The second-order valence-electron chi connectivity index (χ2n) is 4.21. The summed E-state index contributed by atoms with van der Waals surface area (Å²) in [5, 5.41) is -0.426. The number of hydrogen-bond donors (Lipinski definition) is 0. The van der Waals surface area contributed by atoms with Crippen LogP contribution in [-0.2, 0) is 9.84 Å². The molecule has 4 nitrogen and oxygen atoms in total. The van der Waals surface area contributed by atoms with Gasteiger partial charge in [-0.3, -0.25) is 4.99 Å². The van der Waals surface area contributed by atoms with Crippen molar-refractivity contribution < 1.29 is 13.2 Å². The van der Waals surface area contributed by atoms with Crippen molar-refractivity contribution >= 4 is 27.7 Å². The van der Waals surface area contributed by atoms with Gasteiger partial charge in [0.2, 0.25) is 0 Å². The second-order valence-corrected chi connectivity index (χ2v) is 6.93. The number of alkyl halides is 1. The molecule has 1 heterocycles. The molecule has 0 bridgehead atoms. The van der Waals surface area contributed by atoms with Crippen LogP contribution in [0.25, 0.3) is 0 Å². The molecule has 0 N–H and O–H groups in total. The van der Waals surface area contributed by atoms with Crippen molar-refractivity contribution in [3.05, 3.63) is 29.8 Å². The largest absolute Gasteiger partial charge is 0.497 e. The van der Waals surface area contributed by atoms with Crippen LogP contribution in [0.1, 0.15) is 5.56 Å². The second kappa shape index (κ2) is 5.28. The minimum atomic E-state index is -3.03. The molecule has 0 radical (unpaired) electrons. The number of methoxy groups -OCH3 is 1. The molecule has 0 aromatic heterocycles. The lowest BCUT2D eigenvalue weighted by Crippen LogP contribution is -2.16. The van der Waals surface area contributed by atoms with E-state index in [-0.39, 0.29) is 17.5 Å². The van der Waals surface area contributed by atoms with Crippen molar-refractivity contribution in [2.45, 2.75) is 11.4 Å². The van der Waals surface area contributed by atoms with Gasteiger partial charge in [0.15, 0.2) is 9.84 Å². The Balaban J connectivity index is 2.06. The molecular weight excluding hydrogens is 274 g/mol. The van der Waals surface area contributed by atoms with Gasteiger partial charge in [-0.2, -0.15) is 0 Å². The van der Waals surface area contributed by atoms with E-state index in [1.807, 2.05) is 24.3 Å². The fourth-order valence-corrected chi connectivity index (χ4v) is 4.31. The summed E-state index contributed by atoms with van der Waals surface area (Å²) in [6.07, 6.45) is 1.65. The van der Waals surface area contributed by atoms with E-state index in [0.717, 1.165) is 11.3 Å². The molecule has 2 unspecified atom stereocenters. The molecular formula is C12H14ClNO3S. The van der Waals surface area contributed by atoms with Crippen molar-refractivity contribution in [2.24, 2.45) is 4.99 Å². The highest BCUT2D eigenvalue weighted by molar-refractivity contribution is 7.91. The van der Waals surface area contributed by atoms with Crippen LogP contribution in [0.4, 0.5) is 0 Å². The van der Waals surface area contributed by atoms with Crippen molar-refractivity contribution in [1.29, 1.82) is 0 Å². The Labute approximate surface area is 112 Å². The zero-order valence-electron chi connectivity index (χ0n) is 9.91. The summed E-state index contributed by atoms with van der Waals surface area (Å²) in [4.78, 5) is 4.25. The third-order valence-electron chi connectivity index (χ3n) is 2.79. The van der Waals surface area contributed by atoms with Gasteiger partial charge < -0.3 is 4.74 Å². The van der Waals surface area contributed by atoms with Gasteiger partial charge in [-0.05, 0) is 29.8 Å². The van der Waals surface area contributed by atoms with Crippen LogP contribution >= 0.6 is 11.6 Å². The maximum atomic E-state index is 11.4. The summed E-state index contributed by atoms with van der Waals surface area (Å²) in [6.45, 7) is 0.